The van der Waals surface area contributed by atoms with E-state index in [1.165, 1.54) is 10.7 Å². The second-order valence-electron chi connectivity index (χ2n) is 9.38. The smallest absolute Gasteiger partial charge is 0.229 e. The lowest BCUT2D eigenvalue weighted by molar-refractivity contribution is -0.115. The minimum atomic E-state index is -0.416. The third-order valence-corrected chi connectivity index (χ3v) is 5.69. The maximum atomic E-state index is 14.5. The van der Waals surface area contributed by atoms with Crippen molar-refractivity contribution in [2.24, 2.45) is 0 Å². The van der Waals surface area contributed by atoms with Crippen LogP contribution in [0.4, 0.5) is 10.2 Å². The quantitative estimate of drug-likeness (QED) is 0.383. The van der Waals surface area contributed by atoms with E-state index in [0.29, 0.717) is 5.82 Å². The molecule has 0 aliphatic carbocycles. The molecule has 5 rings (SSSR count). The van der Waals surface area contributed by atoms with Crippen molar-refractivity contribution in [2.75, 3.05) is 5.32 Å². The van der Waals surface area contributed by atoms with Gasteiger partial charge < -0.3 is 5.32 Å². The molecular formula is C27H25FN6O. The fraction of sp³-hybridized carbons (Fsp3) is 0.185. The van der Waals surface area contributed by atoms with Crippen LogP contribution in [0.2, 0.25) is 0 Å². The molecule has 0 spiro atoms. The van der Waals surface area contributed by atoms with Gasteiger partial charge in [0, 0.05) is 23.4 Å². The monoisotopic (exact) mass is 468 g/mol. The zero-order valence-electron chi connectivity index (χ0n) is 19.7. The number of imidazole rings is 1. The number of hydrogen-bond acceptors (Lipinski definition) is 4. The molecule has 0 saturated heterocycles. The number of carbonyl (C=O) groups is 1. The molecule has 2 aromatic carbocycles. The minimum absolute atomic E-state index is 0.140. The van der Waals surface area contributed by atoms with Crippen molar-refractivity contribution in [3.8, 4) is 11.4 Å². The highest BCUT2D eigenvalue weighted by molar-refractivity contribution is 5.92. The Morgan fingerprint density at radius 3 is 2.63 bits per heavy atom. The minimum Gasteiger partial charge on any atom is -0.310 e. The number of rotatable bonds is 5. The number of halogens is 1. The predicted octanol–water partition coefficient (Wildman–Crippen LogP) is 5.22. The first-order valence-electron chi connectivity index (χ1n) is 11.3. The molecule has 176 valence electrons. The molecule has 0 unspecified atom stereocenters. The summed E-state index contributed by atoms with van der Waals surface area (Å²) >= 11 is 0. The largest absolute Gasteiger partial charge is 0.310 e. The topological polar surface area (TPSA) is 77.6 Å². The summed E-state index contributed by atoms with van der Waals surface area (Å²) in [7, 11) is 0. The van der Waals surface area contributed by atoms with Crippen LogP contribution < -0.4 is 5.32 Å². The van der Waals surface area contributed by atoms with Crippen molar-refractivity contribution in [3.63, 3.8) is 0 Å². The van der Waals surface area contributed by atoms with Crippen LogP contribution in [0, 0.1) is 5.82 Å². The van der Waals surface area contributed by atoms with Gasteiger partial charge in [-0.05, 0) is 42.0 Å². The third-order valence-electron chi connectivity index (χ3n) is 5.69. The van der Waals surface area contributed by atoms with Crippen molar-refractivity contribution >= 4 is 22.9 Å². The van der Waals surface area contributed by atoms with Gasteiger partial charge in [0.05, 0.1) is 12.1 Å². The van der Waals surface area contributed by atoms with Gasteiger partial charge >= 0.3 is 0 Å². The molecule has 3 heterocycles. The van der Waals surface area contributed by atoms with Gasteiger partial charge in [0.2, 0.25) is 5.91 Å². The molecule has 3 aromatic heterocycles. The summed E-state index contributed by atoms with van der Waals surface area (Å²) in [5.41, 5.74) is 3.99. The summed E-state index contributed by atoms with van der Waals surface area (Å²) in [6, 6.07) is 19.6. The Morgan fingerprint density at radius 2 is 1.83 bits per heavy atom. The molecule has 5 aromatic rings. The summed E-state index contributed by atoms with van der Waals surface area (Å²) < 4.78 is 17.9. The zero-order chi connectivity index (χ0) is 24.6. The Bertz CT molecular complexity index is 1530. The van der Waals surface area contributed by atoms with E-state index < -0.39 is 5.82 Å². The molecule has 0 fully saturated rings. The molecule has 0 aliphatic rings. The van der Waals surface area contributed by atoms with E-state index in [1.807, 2.05) is 61.7 Å². The van der Waals surface area contributed by atoms with Gasteiger partial charge in [-0.3, -0.25) is 9.36 Å². The lowest BCUT2D eigenvalue weighted by Gasteiger charge is -2.14. The molecule has 0 saturated carbocycles. The van der Waals surface area contributed by atoms with Gasteiger partial charge in [-0.2, -0.15) is 5.10 Å². The van der Waals surface area contributed by atoms with E-state index >= 15 is 0 Å². The number of anilines is 1. The molecule has 0 atom stereocenters. The summed E-state index contributed by atoms with van der Waals surface area (Å²) in [6.07, 6.45) is 3.58. The molecule has 7 nitrogen and oxygen atoms in total. The number of pyridine rings is 1. The maximum Gasteiger partial charge on any atom is 0.229 e. The number of aromatic nitrogens is 5. The van der Waals surface area contributed by atoms with Crippen LogP contribution in [0.15, 0.2) is 79.3 Å². The molecule has 0 bridgehead atoms. The molecule has 35 heavy (non-hydrogen) atoms. The Hall–Kier alpha value is -4.33. The number of fused-ring (bicyclic) bond motifs is 1. The lowest BCUT2D eigenvalue weighted by Crippen LogP contribution is -2.17. The van der Waals surface area contributed by atoms with Crippen LogP contribution in [0.1, 0.15) is 32.0 Å². The molecule has 1 amide bonds. The molecule has 0 aliphatic heterocycles. The number of amides is 1. The van der Waals surface area contributed by atoms with Gasteiger partial charge in [0.25, 0.3) is 0 Å². The highest BCUT2D eigenvalue weighted by Crippen LogP contribution is 2.27. The fourth-order valence-corrected chi connectivity index (χ4v) is 3.87. The second-order valence-corrected chi connectivity index (χ2v) is 9.38. The highest BCUT2D eigenvalue weighted by Gasteiger charge is 2.22. The Kier molecular flexibility index (Phi) is 5.64. The van der Waals surface area contributed by atoms with Crippen molar-refractivity contribution in [1.82, 2.24) is 24.3 Å². The number of nitrogens with zero attached hydrogens (tertiary/aromatic N) is 5. The Morgan fingerprint density at radius 1 is 1.00 bits per heavy atom. The average molecular weight is 469 g/mol. The average Bonchev–Trinajstić information content (AvgIpc) is 3.44. The van der Waals surface area contributed by atoms with E-state index in [2.05, 4.69) is 20.4 Å². The van der Waals surface area contributed by atoms with E-state index in [1.54, 1.807) is 36.8 Å². The maximum absolute atomic E-state index is 14.5. The summed E-state index contributed by atoms with van der Waals surface area (Å²) in [6.45, 7) is 6.06. The molecule has 8 heteroatoms. The highest BCUT2D eigenvalue weighted by atomic mass is 19.1. The second kappa shape index (κ2) is 8.79. The van der Waals surface area contributed by atoms with Gasteiger partial charge in [0.1, 0.15) is 29.2 Å². The normalized spacial score (nSPS) is 11.7. The van der Waals surface area contributed by atoms with Crippen LogP contribution in [0.25, 0.3) is 22.5 Å². The standard InChI is InChI=1S/C27H25FN6O/c1-27(2,3)23-16-24(34(32-23)22-12-5-4-10-20(22)28)31-25(35)15-18-8-6-9-19(14-18)33-17-30-21-11-7-13-29-26(21)33/h4-14,16-17H,15H2,1-3H3,(H,31,35). The van der Waals surface area contributed by atoms with Gasteiger partial charge in [-0.25, -0.2) is 19.0 Å². The predicted molar refractivity (Wildman–Crippen MR) is 133 cm³/mol. The first-order valence-corrected chi connectivity index (χ1v) is 11.3. The molecule has 1 N–H and O–H groups in total. The van der Waals surface area contributed by atoms with E-state index in [4.69, 9.17) is 0 Å². The summed E-state index contributed by atoms with van der Waals surface area (Å²) in [5.74, 6) is -0.222. The lowest BCUT2D eigenvalue weighted by atomic mass is 9.92. The zero-order valence-corrected chi connectivity index (χ0v) is 19.7. The number of hydrogen-bond donors (Lipinski definition) is 1. The number of benzene rings is 2. The first kappa shape index (κ1) is 22.5. The van der Waals surface area contributed by atoms with E-state index in [9.17, 15) is 9.18 Å². The molecular weight excluding hydrogens is 443 g/mol. The van der Waals surface area contributed by atoms with Gasteiger partial charge in [-0.15, -0.1) is 0 Å². The van der Waals surface area contributed by atoms with Crippen LogP contribution >= 0.6 is 0 Å². The van der Waals surface area contributed by atoms with E-state index in [-0.39, 0.29) is 23.4 Å². The third kappa shape index (κ3) is 4.55. The first-order chi connectivity index (χ1) is 16.8. The van der Waals surface area contributed by atoms with Gasteiger partial charge in [-0.1, -0.05) is 45.0 Å². The van der Waals surface area contributed by atoms with Crippen molar-refractivity contribution in [1.29, 1.82) is 0 Å². The number of nitrogens with one attached hydrogen (secondary N) is 1. The van der Waals surface area contributed by atoms with Crippen LogP contribution in [-0.4, -0.2) is 30.2 Å². The van der Waals surface area contributed by atoms with E-state index in [0.717, 1.165) is 28.1 Å². The SMILES string of the molecule is CC(C)(C)c1cc(NC(=O)Cc2cccc(-n3cnc4cccnc43)c2)n(-c2ccccc2F)n1. The Balaban J connectivity index is 1.42. The van der Waals surface area contributed by atoms with Crippen molar-refractivity contribution in [3.05, 3.63) is 96.3 Å². The van der Waals surface area contributed by atoms with Crippen LogP contribution in [-0.2, 0) is 16.6 Å². The fourth-order valence-electron chi connectivity index (χ4n) is 3.87. The van der Waals surface area contributed by atoms with Crippen LogP contribution in [0.5, 0.6) is 0 Å². The summed E-state index contributed by atoms with van der Waals surface area (Å²) in [4.78, 5) is 21.8. The van der Waals surface area contributed by atoms with Crippen LogP contribution in [0.3, 0.4) is 0 Å². The van der Waals surface area contributed by atoms with Crippen molar-refractivity contribution < 1.29 is 9.18 Å². The molecule has 0 radical (unpaired) electrons. The number of para-hydroxylation sites is 1. The Labute approximate surface area is 202 Å². The summed E-state index contributed by atoms with van der Waals surface area (Å²) in [5, 5.41) is 7.52. The van der Waals surface area contributed by atoms with Gasteiger partial charge in [0.15, 0.2) is 5.65 Å². The van der Waals surface area contributed by atoms with Crippen molar-refractivity contribution in [2.45, 2.75) is 32.6 Å². The number of carbonyl (C=O) groups excluding carboxylic acids is 1.